The van der Waals surface area contributed by atoms with E-state index in [9.17, 15) is 9.90 Å². The second kappa shape index (κ2) is 5.83. The van der Waals surface area contributed by atoms with Gasteiger partial charge in [-0.15, -0.1) is 0 Å². The quantitative estimate of drug-likeness (QED) is 0.852. The summed E-state index contributed by atoms with van der Waals surface area (Å²) in [7, 11) is 2.87. The number of nitrogens with one attached hydrogen (secondary N) is 1. The van der Waals surface area contributed by atoms with Gasteiger partial charge in [0.05, 0.1) is 32.0 Å². The first kappa shape index (κ1) is 13.5. The number of hydrogen-bond donors (Lipinski definition) is 2. The molecule has 8 nitrogen and oxygen atoms in total. The van der Waals surface area contributed by atoms with E-state index in [-0.39, 0.29) is 29.0 Å². The van der Waals surface area contributed by atoms with Gasteiger partial charge >= 0.3 is 0 Å². The van der Waals surface area contributed by atoms with Crippen LogP contribution in [-0.4, -0.2) is 40.2 Å². The van der Waals surface area contributed by atoms with Crippen molar-refractivity contribution in [1.82, 2.24) is 15.0 Å². The van der Waals surface area contributed by atoms with Crippen LogP contribution in [0.1, 0.15) is 10.4 Å². The first-order valence-electron chi connectivity index (χ1n) is 5.55. The molecule has 0 saturated carbocycles. The third-order valence-corrected chi connectivity index (χ3v) is 2.37. The predicted molar refractivity (Wildman–Crippen MR) is 69.0 cm³/mol. The molecule has 0 saturated heterocycles. The summed E-state index contributed by atoms with van der Waals surface area (Å²) in [6.45, 7) is 0. The maximum absolute atomic E-state index is 12.0. The largest absolute Gasteiger partial charge is 0.505 e. The Morgan fingerprint density at radius 2 is 1.90 bits per heavy atom. The third-order valence-electron chi connectivity index (χ3n) is 2.37. The van der Waals surface area contributed by atoms with E-state index in [1.807, 2.05) is 0 Å². The molecule has 0 bridgehead atoms. The molecule has 2 N–H and O–H groups in total. The summed E-state index contributed by atoms with van der Waals surface area (Å²) in [5.41, 5.74) is 0.0605. The van der Waals surface area contributed by atoms with Crippen LogP contribution in [0.15, 0.2) is 24.5 Å². The van der Waals surface area contributed by atoms with Crippen molar-refractivity contribution < 1.29 is 19.4 Å². The number of methoxy groups -OCH3 is 2. The van der Waals surface area contributed by atoms with Crippen LogP contribution in [0.4, 0.5) is 5.95 Å². The lowest BCUT2D eigenvalue weighted by molar-refractivity contribution is 0.102. The molecule has 2 heterocycles. The van der Waals surface area contributed by atoms with Crippen LogP contribution in [-0.2, 0) is 0 Å². The van der Waals surface area contributed by atoms with Gasteiger partial charge in [-0.05, 0) is 6.07 Å². The number of aromatic hydroxyl groups is 1. The molecule has 2 rings (SSSR count). The lowest BCUT2D eigenvalue weighted by atomic mass is 10.2. The number of carbonyl (C=O) groups excluding carboxylic acids is 1. The number of rotatable bonds is 4. The van der Waals surface area contributed by atoms with Gasteiger partial charge in [-0.25, -0.2) is 0 Å². The van der Waals surface area contributed by atoms with Gasteiger partial charge in [0.2, 0.25) is 17.7 Å². The molecule has 0 spiro atoms. The van der Waals surface area contributed by atoms with Gasteiger partial charge in [-0.2, -0.15) is 9.97 Å². The minimum atomic E-state index is -0.569. The number of aromatic nitrogens is 3. The minimum Gasteiger partial charge on any atom is -0.505 e. The van der Waals surface area contributed by atoms with Crippen LogP contribution in [0.3, 0.4) is 0 Å². The standard InChI is InChI=1S/C12H12N4O4/c1-19-9-5-10(20-2)15-12(14-9)16-11(18)7-3-4-13-6-8(7)17/h3-6,17H,1-2H3,(H,14,15,16,18). The molecule has 0 aliphatic carbocycles. The fourth-order valence-corrected chi connectivity index (χ4v) is 1.42. The molecular formula is C12H12N4O4. The maximum atomic E-state index is 12.0. The Morgan fingerprint density at radius 1 is 1.25 bits per heavy atom. The van der Waals surface area contributed by atoms with Crippen molar-refractivity contribution in [3.8, 4) is 17.5 Å². The van der Waals surface area contributed by atoms with Crippen molar-refractivity contribution in [2.24, 2.45) is 0 Å². The Labute approximate surface area is 114 Å². The second-order valence-corrected chi connectivity index (χ2v) is 3.62. The highest BCUT2D eigenvalue weighted by Gasteiger charge is 2.14. The molecule has 0 fully saturated rings. The Bertz CT molecular complexity index is 610. The lowest BCUT2D eigenvalue weighted by Gasteiger charge is -2.08. The zero-order valence-electron chi connectivity index (χ0n) is 10.8. The van der Waals surface area contributed by atoms with Crippen LogP contribution >= 0.6 is 0 Å². The molecule has 8 heteroatoms. The van der Waals surface area contributed by atoms with E-state index >= 15 is 0 Å². The van der Waals surface area contributed by atoms with Crippen LogP contribution < -0.4 is 14.8 Å². The number of ether oxygens (including phenoxy) is 2. The molecule has 0 atom stereocenters. The van der Waals surface area contributed by atoms with Gasteiger partial charge in [0.1, 0.15) is 5.75 Å². The molecule has 0 unspecified atom stereocenters. The summed E-state index contributed by atoms with van der Waals surface area (Å²) in [6.07, 6.45) is 2.56. The van der Waals surface area contributed by atoms with Gasteiger partial charge in [0.25, 0.3) is 5.91 Å². The molecule has 1 amide bonds. The number of carbonyl (C=O) groups is 1. The summed E-state index contributed by atoms with van der Waals surface area (Å²) in [5.74, 6) is -0.320. The van der Waals surface area contributed by atoms with Crippen molar-refractivity contribution >= 4 is 11.9 Å². The van der Waals surface area contributed by atoms with Crippen molar-refractivity contribution in [3.05, 3.63) is 30.1 Å². The number of hydrogen-bond acceptors (Lipinski definition) is 7. The summed E-state index contributed by atoms with van der Waals surface area (Å²) in [6, 6.07) is 2.85. The molecular weight excluding hydrogens is 264 g/mol. The minimum absolute atomic E-state index is 0.00223. The normalized spacial score (nSPS) is 9.90. The van der Waals surface area contributed by atoms with E-state index in [1.54, 1.807) is 0 Å². The Hall–Kier alpha value is -2.90. The molecule has 2 aromatic heterocycles. The van der Waals surface area contributed by atoms with E-state index in [4.69, 9.17) is 9.47 Å². The zero-order chi connectivity index (χ0) is 14.5. The first-order chi connectivity index (χ1) is 9.63. The van der Waals surface area contributed by atoms with Crippen LogP contribution in [0, 0.1) is 0 Å². The Balaban J connectivity index is 2.26. The molecule has 0 aliphatic heterocycles. The van der Waals surface area contributed by atoms with Crippen molar-refractivity contribution in [2.75, 3.05) is 19.5 Å². The van der Waals surface area contributed by atoms with Gasteiger partial charge < -0.3 is 14.6 Å². The number of anilines is 1. The number of nitrogens with zero attached hydrogens (tertiary/aromatic N) is 3. The average molecular weight is 276 g/mol. The van der Waals surface area contributed by atoms with Crippen molar-refractivity contribution in [1.29, 1.82) is 0 Å². The van der Waals surface area contributed by atoms with E-state index in [0.29, 0.717) is 0 Å². The Morgan fingerprint density at radius 3 is 2.45 bits per heavy atom. The van der Waals surface area contributed by atoms with Gasteiger partial charge in [0.15, 0.2) is 0 Å². The molecule has 104 valence electrons. The predicted octanol–water partition coefficient (Wildman–Crippen LogP) is 0.847. The zero-order valence-corrected chi connectivity index (χ0v) is 10.8. The number of amides is 1. The molecule has 0 radical (unpaired) electrons. The summed E-state index contributed by atoms with van der Waals surface area (Å²) in [5, 5.41) is 12.0. The second-order valence-electron chi connectivity index (χ2n) is 3.62. The number of pyridine rings is 1. The van der Waals surface area contributed by atoms with Gasteiger partial charge in [-0.1, -0.05) is 0 Å². The molecule has 0 aromatic carbocycles. The summed E-state index contributed by atoms with van der Waals surface area (Å²) < 4.78 is 9.93. The SMILES string of the molecule is COc1cc(OC)nc(NC(=O)c2ccncc2O)n1. The molecule has 20 heavy (non-hydrogen) atoms. The van der Waals surface area contributed by atoms with Gasteiger partial charge in [-0.3, -0.25) is 15.1 Å². The van der Waals surface area contributed by atoms with Crippen LogP contribution in [0.2, 0.25) is 0 Å². The highest BCUT2D eigenvalue weighted by atomic mass is 16.5. The third kappa shape index (κ3) is 2.91. The fraction of sp³-hybridized carbons (Fsp3) is 0.167. The van der Waals surface area contributed by atoms with E-state index < -0.39 is 5.91 Å². The van der Waals surface area contributed by atoms with E-state index in [2.05, 4.69) is 20.3 Å². The Kier molecular flexibility index (Phi) is 3.94. The molecule has 0 aliphatic rings. The van der Waals surface area contributed by atoms with Crippen molar-refractivity contribution in [3.63, 3.8) is 0 Å². The topological polar surface area (TPSA) is 106 Å². The summed E-state index contributed by atoms with van der Waals surface area (Å²) in [4.78, 5) is 23.6. The van der Waals surface area contributed by atoms with Crippen molar-refractivity contribution in [2.45, 2.75) is 0 Å². The highest BCUT2D eigenvalue weighted by Crippen LogP contribution is 2.19. The van der Waals surface area contributed by atoms with Crippen LogP contribution in [0.25, 0.3) is 0 Å². The maximum Gasteiger partial charge on any atom is 0.261 e. The van der Waals surface area contributed by atoms with Crippen LogP contribution in [0.5, 0.6) is 17.5 Å². The lowest BCUT2D eigenvalue weighted by Crippen LogP contribution is -2.15. The monoisotopic (exact) mass is 276 g/mol. The molecule has 2 aromatic rings. The van der Waals surface area contributed by atoms with E-state index in [1.165, 1.54) is 38.7 Å². The smallest absolute Gasteiger partial charge is 0.261 e. The highest BCUT2D eigenvalue weighted by molar-refractivity contribution is 6.05. The fourth-order valence-electron chi connectivity index (χ4n) is 1.42. The average Bonchev–Trinajstić information content (AvgIpc) is 2.47. The van der Waals surface area contributed by atoms with Gasteiger partial charge in [0, 0.05) is 6.20 Å². The van der Waals surface area contributed by atoms with E-state index in [0.717, 1.165) is 0 Å². The first-order valence-corrected chi connectivity index (χ1v) is 5.55. The summed E-state index contributed by atoms with van der Waals surface area (Å²) >= 11 is 0.